The largest absolute Gasteiger partial charge is 0.379 e. The quantitative estimate of drug-likeness (QED) is 0.497. The second kappa shape index (κ2) is 9.55. The molecule has 6 nitrogen and oxygen atoms in total. The molecule has 1 aromatic rings. The summed E-state index contributed by atoms with van der Waals surface area (Å²) < 4.78 is 5.59. The van der Waals surface area contributed by atoms with Crippen molar-refractivity contribution in [1.29, 1.82) is 0 Å². The van der Waals surface area contributed by atoms with Gasteiger partial charge in [-0.3, -0.25) is 14.5 Å². The maximum absolute atomic E-state index is 13.3. The first kappa shape index (κ1) is 21.5. The lowest BCUT2D eigenvalue weighted by molar-refractivity contribution is -0.137. The van der Waals surface area contributed by atoms with E-state index in [1.54, 1.807) is 0 Å². The van der Waals surface area contributed by atoms with Crippen LogP contribution in [-0.4, -0.2) is 79.0 Å². The zero-order valence-corrected chi connectivity index (χ0v) is 18.1. The number of carbonyl (C=O) groups is 2. The summed E-state index contributed by atoms with van der Waals surface area (Å²) in [5, 5.41) is 0. The monoisotopic (exact) mass is 399 g/mol. The molecule has 0 aromatic heterocycles. The van der Waals surface area contributed by atoms with Crippen molar-refractivity contribution in [2.24, 2.45) is 0 Å². The Morgan fingerprint density at radius 2 is 1.76 bits per heavy atom. The summed E-state index contributed by atoms with van der Waals surface area (Å²) in [6, 6.07) is 9.83. The summed E-state index contributed by atoms with van der Waals surface area (Å²) in [5.74, 6) is -0.375. The molecule has 158 valence electrons. The number of likely N-dealkylation sites (tertiary alicyclic amines) is 1. The Hall–Kier alpha value is -2.18. The van der Waals surface area contributed by atoms with E-state index in [1.165, 1.54) is 4.90 Å². The molecule has 3 rings (SSSR count). The second-order valence-electron chi connectivity index (χ2n) is 8.27. The van der Waals surface area contributed by atoms with Crippen LogP contribution in [0.25, 0.3) is 5.57 Å². The van der Waals surface area contributed by atoms with Gasteiger partial charge in [0.05, 0.1) is 11.7 Å². The fraction of sp³-hybridized carbons (Fsp3) is 0.565. The third kappa shape index (κ3) is 4.87. The maximum Gasteiger partial charge on any atom is 0.277 e. The van der Waals surface area contributed by atoms with Crippen molar-refractivity contribution in [3.05, 3.63) is 41.6 Å². The van der Waals surface area contributed by atoms with E-state index in [9.17, 15) is 9.59 Å². The summed E-state index contributed by atoms with van der Waals surface area (Å²) in [6.45, 7) is 6.88. The first-order valence-corrected chi connectivity index (χ1v) is 10.6. The zero-order valence-electron chi connectivity index (χ0n) is 18.1. The van der Waals surface area contributed by atoms with Crippen molar-refractivity contribution in [2.45, 2.75) is 45.3 Å². The van der Waals surface area contributed by atoms with E-state index in [4.69, 9.17) is 4.74 Å². The van der Waals surface area contributed by atoms with E-state index in [0.717, 1.165) is 31.5 Å². The Bertz CT molecular complexity index is 752. The van der Waals surface area contributed by atoms with Crippen LogP contribution in [0.2, 0.25) is 0 Å². The van der Waals surface area contributed by atoms with Gasteiger partial charge >= 0.3 is 0 Å². The van der Waals surface area contributed by atoms with Gasteiger partial charge in [0, 0.05) is 26.2 Å². The molecule has 0 spiro atoms. The van der Waals surface area contributed by atoms with Crippen molar-refractivity contribution >= 4 is 17.4 Å². The zero-order chi connectivity index (χ0) is 21.0. The predicted octanol–water partition coefficient (Wildman–Crippen LogP) is 2.61. The second-order valence-corrected chi connectivity index (χ2v) is 8.27. The Balaban J connectivity index is 1.84. The van der Waals surface area contributed by atoms with Gasteiger partial charge in [-0.05, 0) is 58.8 Å². The molecule has 29 heavy (non-hydrogen) atoms. The fourth-order valence-corrected chi connectivity index (χ4v) is 4.07. The van der Waals surface area contributed by atoms with Gasteiger partial charge in [0.25, 0.3) is 11.8 Å². The highest BCUT2D eigenvalue weighted by Gasteiger charge is 2.42. The molecule has 0 unspecified atom stereocenters. The van der Waals surface area contributed by atoms with E-state index >= 15 is 0 Å². The normalized spacial score (nSPS) is 19.0. The van der Waals surface area contributed by atoms with Crippen LogP contribution < -0.4 is 0 Å². The van der Waals surface area contributed by atoms with Crippen LogP contribution in [0.15, 0.2) is 36.0 Å². The standard InChI is InChI=1S/C23H33N3O3/c1-17(2)29-16-8-13-26-22(27)20(18-9-6-5-7-10-18)21(23(26)28)25(4)19-11-14-24(3)15-12-19/h5-7,9-10,17,19H,8,11-16H2,1-4H3. The lowest BCUT2D eigenvalue weighted by Gasteiger charge is -2.36. The molecule has 1 aromatic carbocycles. The van der Waals surface area contributed by atoms with Crippen molar-refractivity contribution in [2.75, 3.05) is 40.3 Å². The van der Waals surface area contributed by atoms with E-state index in [-0.39, 0.29) is 24.0 Å². The third-order valence-electron chi connectivity index (χ3n) is 5.77. The number of carbonyl (C=O) groups excluding carboxylic acids is 2. The highest BCUT2D eigenvalue weighted by atomic mass is 16.5. The molecule has 6 heteroatoms. The van der Waals surface area contributed by atoms with Crippen molar-refractivity contribution in [3.8, 4) is 0 Å². The maximum atomic E-state index is 13.3. The van der Waals surface area contributed by atoms with Gasteiger partial charge in [0.15, 0.2) is 0 Å². The minimum atomic E-state index is -0.194. The summed E-state index contributed by atoms with van der Waals surface area (Å²) in [7, 11) is 4.08. The van der Waals surface area contributed by atoms with Gasteiger partial charge in [0.2, 0.25) is 0 Å². The number of likely N-dealkylation sites (N-methyl/N-ethyl adjacent to an activating group) is 1. The average Bonchev–Trinajstić information content (AvgIpc) is 2.96. The number of nitrogens with zero attached hydrogens (tertiary/aromatic N) is 3. The topological polar surface area (TPSA) is 53.1 Å². The molecular weight excluding hydrogens is 366 g/mol. The molecule has 2 aliphatic rings. The molecule has 1 saturated heterocycles. The Morgan fingerprint density at radius 3 is 2.38 bits per heavy atom. The number of rotatable bonds is 8. The van der Waals surface area contributed by atoms with Crippen molar-refractivity contribution in [3.63, 3.8) is 0 Å². The van der Waals surface area contributed by atoms with Gasteiger partial charge in [0.1, 0.15) is 5.70 Å². The Labute approximate surface area is 174 Å². The van der Waals surface area contributed by atoms with Crippen LogP contribution in [0, 0.1) is 0 Å². The SMILES string of the molecule is CC(C)OCCCN1C(=O)C(c2ccccc2)=C(N(C)C2CCN(C)CC2)C1=O. The highest BCUT2D eigenvalue weighted by molar-refractivity contribution is 6.35. The molecule has 0 N–H and O–H groups in total. The summed E-state index contributed by atoms with van der Waals surface area (Å²) >= 11 is 0. The number of ether oxygens (including phenoxy) is 1. The van der Waals surface area contributed by atoms with Gasteiger partial charge in [-0.1, -0.05) is 30.3 Å². The van der Waals surface area contributed by atoms with Crippen LogP contribution in [0.4, 0.5) is 0 Å². The third-order valence-corrected chi connectivity index (χ3v) is 5.77. The first-order chi connectivity index (χ1) is 13.9. The number of piperidine rings is 1. The predicted molar refractivity (Wildman–Crippen MR) is 114 cm³/mol. The number of imide groups is 1. The van der Waals surface area contributed by atoms with E-state index in [2.05, 4.69) is 16.8 Å². The first-order valence-electron chi connectivity index (χ1n) is 10.6. The van der Waals surface area contributed by atoms with Gasteiger partial charge in [-0.25, -0.2) is 0 Å². The smallest absolute Gasteiger partial charge is 0.277 e. The van der Waals surface area contributed by atoms with Gasteiger partial charge in [-0.15, -0.1) is 0 Å². The highest BCUT2D eigenvalue weighted by Crippen LogP contribution is 2.33. The molecule has 0 radical (unpaired) electrons. The minimum absolute atomic E-state index is 0.143. The van der Waals surface area contributed by atoms with Crippen LogP contribution in [0.3, 0.4) is 0 Å². The van der Waals surface area contributed by atoms with Crippen molar-refractivity contribution < 1.29 is 14.3 Å². The van der Waals surface area contributed by atoms with E-state index in [0.29, 0.717) is 30.8 Å². The Morgan fingerprint density at radius 1 is 1.10 bits per heavy atom. The summed E-state index contributed by atoms with van der Waals surface area (Å²) in [4.78, 5) is 32.4. The Kier molecular flexibility index (Phi) is 7.09. The summed E-state index contributed by atoms with van der Waals surface area (Å²) in [6.07, 6.45) is 2.76. The number of amides is 2. The van der Waals surface area contributed by atoms with E-state index < -0.39 is 0 Å². The lowest BCUT2D eigenvalue weighted by atomic mass is 10.0. The molecule has 2 amide bonds. The molecule has 2 aliphatic heterocycles. The van der Waals surface area contributed by atoms with Crippen LogP contribution in [-0.2, 0) is 14.3 Å². The van der Waals surface area contributed by atoms with Crippen molar-refractivity contribution in [1.82, 2.24) is 14.7 Å². The summed E-state index contributed by atoms with van der Waals surface area (Å²) in [5.41, 5.74) is 1.88. The van der Waals surface area contributed by atoms with Crippen LogP contribution >= 0.6 is 0 Å². The van der Waals surface area contributed by atoms with Gasteiger partial charge < -0.3 is 14.5 Å². The van der Waals surface area contributed by atoms with Crippen LogP contribution in [0.5, 0.6) is 0 Å². The molecular formula is C23H33N3O3. The molecule has 0 saturated carbocycles. The number of hydrogen-bond donors (Lipinski definition) is 0. The van der Waals surface area contributed by atoms with Crippen LogP contribution in [0.1, 0.15) is 38.7 Å². The molecule has 0 atom stereocenters. The minimum Gasteiger partial charge on any atom is -0.379 e. The average molecular weight is 400 g/mol. The van der Waals surface area contributed by atoms with E-state index in [1.807, 2.05) is 51.2 Å². The number of benzene rings is 1. The van der Waals surface area contributed by atoms with Gasteiger partial charge in [-0.2, -0.15) is 0 Å². The molecule has 0 aliphatic carbocycles. The lowest BCUT2D eigenvalue weighted by Crippen LogP contribution is -2.43. The molecule has 1 fully saturated rings. The molecule has 2 heterocycles. The number of hydrogen-bond acceptors (Lipinski definition) is 5. The fourth-order valence-electron chi connectivity index (χ4n) is 4.07. The molecule has 0 bridgehead atoms.